The monoisotopic (exact) mass is 286 g/mol. The molecule has 2 rings (SSSR count). The first-order chi connectivity index (χ1) is 8.27. The molecule has 0 amide bonds. The second-order valence-corrected chi connectivity index (χ2v) is 4.06. The molecule has 0 fully saturated rings. The molecule has 0 aromatic heterocycles. The predicted octanol–water partition coefficient (Wildman–Crippen LogP) is 3.28. The average molecular weight is 287 g/mol. The van der Waals surface area contributed by atoms with Crippen LogP contribution in [0.1, 0.15) is 11.1 Å². The van der Waals surface area contributed by atoms with Gasteiger partial charge in [0, 0.05) is 27.1 Å². The highest BCUT2D eigenvalue weighted by atomic mass is 79.9. The van der Waals surface area contributed by atoms with Gasteiger partial charge in [0.05, 0.1) is 0 Å². The third kappa shape index (κ3) is 2.41. The van der Waals surface area contributed by atoms with Crippen LogP contribution in [0.15, 0.2) is 60.7 Å². The molecule has 2 aromatic carbocycles. The van der Waals surface area contributed by atoms with Crippen molar-refractivity contribution in [3.8, 4) is 10.8 Å². The molecule has 0 radical (unpaired) electrons. The van der Waals surface area contributed by atoms with Gasteiger partial charge in [-0.05, 0) is 10.8 Å². The fourth-order valence-corrected chi connectivity index (χ4v) is 2.02. The first-order valence-electron chi connectivity index (χ1n) is 5.23. The zero-order valence-electron chi connectivity index (χ0n) is 9.10. The fraction of sp³-hybridized carbons (Fsp3) is 0.0667. The molecule has 0 saturated carbocycles. The van der Waals surface area contributed by atoms with Crippen molar-refractivity contribution in [1.82, 2.24) is 0 Å². The Hall–Kier alpha value is -1.56. The van der Waals surface area contributed by atoms with Crippen LogP contribution in [-0.2, 0) is 5.60 Å². The first-order valence-corrected chi connectivity index (χ1v) is 6.03. The van der Waals surface area contributed by atoms with Crippen molar-refractivity contribution in [2.24, 2.45) is 0 Å². The van der Waals surface area contributed by atoms with Gasteiger partial charge in [-0.15, -0.1) is 0 Å². The van der Waals surface area contributed by atoms with Gasteiger partial charge in [-0.2, -0.15) is 0 Å². The lowest BCUT2D eigenvalue weighted by molar-refractivity contribution is 0.145. The Balaban J connectivity index is 2.58. The van der Waals surface area contributed by atoms with Crippen LogP contribution >= 0.6 is 15.9 Å². The number of halogens is 1. The van der Waals surface area contributed by atoms with E-state index in [2.05, 4.69) is 26.7 Å². The van der Waals surface area contributed by atoms with Crippen LogP contribution in [0.5, 0.6) is 0 Å². The lowest BCUT2D eigenvalue weighted by Crippen LogP contribution is -2.24. The van der Waals surface area contributed by atoms with E-state index in [1.165, 1.54) is 0 Å². The number of aliphatic hydroxyl groups is 1. The van der Waals surface area contributed by atoms with Crippen LogP contribution in [0, 0.1) is 10.8 Å². The van der Waals surface area contributed by atoms with Crippen molar-refractivity contribution in [3.63, 3.8) is 0 Å². The third-order valence-corrected chi connectivity index (χ3v) is 2.81. The van der Waals surface area contributed by atoms with Crippen LogP contribution in [0.3, 0.4) is 0 Å². The van der Waals surface area contributed by atoms with Crippen molar-refractivity contribution in [2.75, 3.05) is 0 Å². The molecule has 0 aliphatic carbocycles. The van der Waals surface area contributed by atoms with Crippen LogP contribution < -0.4 is 0 Å². The van der Waals surface area contributed by atoms with Gasteiger partial charge in [0.1, 0.15) is 0 Å². The highest BCUT2D eigenvalue weighted by Crippen LogP contribution is 2.28. The molecule has 0 saturated heterocycles. The maximum Gasteiger partial charge on any atom is 0.177 e. The zero-order valence-corrected chi connectivity index (χ0v) is 10.7. The van der Waals surface area contributed by atoms with E-state index in [9.17, 15) is 5.11 Å². The molecule has 84 valence electrons. The second kappa shape index (κ2) is 5.18. The molecule has 1 N–H and O–H groups in total. The van der Waals surface area contributed by atoms with Gasteiger partial charge < -0.3 is 5.11 Å². The molecule has 0 heterocycles. The SMILES string of the molecule is OC(C#CBr)(c1ccccc1)c1ccccc1. The summed E-state index contributed by atoms with van der Waals surface area (Å²) in [4.78, 5) is 2.62. The van der Waals surface area contributed by atoms with Gasteiger partial charge in [-0.25, -0.2) is 0 Å². The van der Waals surface area contributed by atoms with E-state index in [1.807, 2.05) is 60.7 Å². The molecule has 1 nitrogen and oxygen atoms in total. The highest BCUT2D eigenvalue weighted by molar-refractivity contribution is 9.12. The normalized spacial score (nSPS) is 10.5. The number of hydrogen-bond donors (Lipinski definition) is 1. The summed E-state index contributed by atoms with van der Waals surface area (Å²) < 4.78 is 0. The van der Waals surface area contributed by atoms with E-state index in [1.54, 1.807) is 0 Å². The summed E-state index contributed by atoms with van der Waals surface area (Å²) >= 11 is 3.06. The van der Waals surface area contributed by atoms with Crippen LogP contribution in [0.2, 0.25) is 0 Å². The zero-order chi connectivity index (χ0) is 12.1. The molecular weight excluding hydrogens is 276 g/mol. The highest BCUT2D eigenvalue weighted by Gasteiger charge is 2.28. The maximum absolute atomic E-state index is 10.8. The molecule has 0 bridgehead atoms. The summed E-state index contributed by atoms with van der Waals surface area (Å²) in [5, 5.41) is 10.8. The number of rotatable bonds is 2. The Labute approximate surface area is 109 Å². The lowest BCUT2D eigenvalue weighted by atomic mass is 9.87. The Morgan fingerprint density at radius 1 is 0.824 bits per heavy atom. The first kappa shape index (κ1) is 11.9. The second-order valence-electron chi connectivity index (χ2n) is 3.66. The van der Waals surface area contributed by atoms with Crippen LogP contribution in [0.25, 0.3) is 0 Å². The molecule has 0 aliphatic rings. The van der Waals surface area contributed by atoms with E-state index >= 15 is 0 Å². The van der Waals surface area contributed by atoms with E-state index in [0.29, 0.717) is 0 Å². The lowest BCUT2D eigenvalue weighted by Gasteiger charge is -2.23. The summed E-state index contributed by atoms with van der Waals surface area (Å²) in [5.41, 5.74) is 0.253. The van der Waals surface area contributed by atoms with Crippen molar-refractivity contribution in [1.29, 1.82) is 0 Å². The standard InChI is InChI=1S/C15H11BrO/c16-12-11-15(17,13-7-3-1-4-8-13)14-9-5-2-6-10-14/h1-10,17H. The summed E-state index contributed by atoms with van der Waals surface area (Å²) in [7, 11) is 0. The van der Waals surface area contributed by atoms with Gasteiger partial charge in [0.15, 0.2) is 5.60 Å². The molecular formula is C15H11BrO. The van der Waals surface area contributed by atoms with Crippen molar-refractivity contribution < 1.29 is 5.11 Å². The third-order valence-electron chi connectivity index (χ3n) is 2.61. The smallest absolute Gasteiger partial charge is 0.177 e. The fourth-order valence-electron chi connectivity index (χ4n) is 1.74. The minimum atomic E-state index is -1.27. The molecule has 17 heavy (non-hydrogen) atoms. The quantitative estimate of drug-likeness (QED) is 0.840. The summed E-state index contributed by atoms with van der Waals surface area (Å²) in [6, 6.07) is 18.8. The minimum Gasteiger partial charge on any atom is -0.369 e. The molecule has 2 aromatic rings. The Morgan fingerprint density at radius 2 is 1.24 bits per heavy atom. The van der Waals surface area contributed by atoms with E-state index < -0.39 is 5.60 Å². The van der Waals surface area contributed by atoms with Crippen molar-refractivity contribution >= 4 is 15.9 Å². The summed E-state index contributed by atoms with van der Waals surface area (Å²) in [6.45, 7) is 0. The maximum atomic E-state index is 10.8. The molecule has 2 heteroatoms. The Morgan fingerprint density at radius 3 is 1.59 bits per heavy atom. The summed E-state index contributed by atoms with van der Waals surface area (Å²) in [6.07, 6.45) is 0. The van der Waals surface area contributed by atoms with Crippen molar-refractivity contribution in [2.45, 2.75) is 5.60 Å². The summed E-state index contributed by atoms with van der Waals surface area (Å²) in [5.74, 6) is 2.81. The number of hydrogen-bond acceptors (Lipinski definition) is 1. The molecule has 0 unspecified atom stereocenters. The van der Waals surface area contributed by atoms with E-state index in [-0.39, 0.29) is 0 Å². The van der Waals surface area contributed by atoms with Gasteiger partial charge in [0.2, 0.25) is 0 Å². The molecule has 0 spiro atoms. The van der Waals surface area contributed by atoms with Crippen LogP contribution in [-0.4, -0.2) is 5.11 Å². The van der Waals surface area contributed by atoms with Crippen LogP contribution in [0.4, 0.5) is 0 Å². The van der Waals surface area contributed by atoms with Gasteiger partial charge in [0.25, 0.3) is 0 Å². The van der Waals surface area contributed by atoms with E-state index in [0.717, 1.165) is 11.1 Å². The van der Waals surface area contributed by atoms with E-state index in [4.69, 9.17) is 0 Å². The average Bonchev–Trinajstić information content (AvgIpc) is 2.41. The molecule has 0 aliphatic heterocycles. The van der Waals surface area contributed by atoms with Gasteiger partial charge in [-0.1, -0.05) is 60.7 Å². The predicted molar refractivity (Wildman–Crippen MR) is 72.6 cm³/mol. The Bertz CT molecular complexity index is 498. The topological polar surface area (TPSA) is 20.2 Å². The van der Waals surface area contributed by atoms with Crippen molar-refractivity contribution in [3.05, 3.63) is 71.8 Å². The molecule has 0 atom stereocenters. The largest absolute Gasteiger partial charge is 0.369 e. The minimum absolute atomic E-state index is 0.762. The number of benzene rings is 2. The van der Waals surface area contributed by atoms with Gasteiger partial charge >= 0.3 is 0 Å². The van der Waals surface area contributed by atoms with Gasteiger partial charge in [-0.3, -0.25) is 0 Å². The Kier molecular flexibility index (Phi) is 3.63.